The first-order chi connectivity index (χ1) is 10.5. The number of hydrogen-bond donors (Lipinski definition) is 2. The molecule has 0 spiro atoms. The summed E-state index contributed by atoms with van der Waals surface area (Å²) in [7, 11) is 0. The van der Waals surface area contributed by atoms with Crippen LogP contribution in [0.3, 0.4) is 0 Å². The Morgan fingerprint density at radius 3 is 2.86 bits per heavy atom. The Kier molecular flexibility index (Phi) is 2.74. The van der Waals surface area contributed by atoms with E-state index in [4.69, 9.17) is 0 Å². The summed E-state index contributed by atoms with van der Waals surface area (Å²) in [5.74, 6) is 0.888. The Hall–Kier alpha value is -2.11. The predicted molar refractivity (Wildman–Crippen MR) is 81.5 cm³/mol. The van der Waals surface area contributed by atoms with Crippen molar-refractivity contribution >= 4 is 5.91 Å². The lowest BCUT2D eigenvalue weighted by Crippen LogP contribution is -2.32. The number of nitrogens with zero attached hydrogens (tertiary/aromatic N) is 3. The van der Waals surface area contributed by atoms with E-state index in [-0.39, 0.29) is 16.7 Å². The molecule has 0 saturated heterocycles. The molecule has 0 aromatic carbocycles. The molecule has 116 valence electrons. The van der Waals surface area contributed by atoms with Crippen LogP contribution in [0.25, 0.3) is 0 Å². The van der Waals surface area contributed by atoms with E-state index in [1.807, 2.05) is 16.9 Å². The number of aromatic nitrogens is 4. The fourth-order valence-electron chi connectivity index (χ4n) is 3.25. The molecule has 6 heteroatoms. The lowest BCUT2D eigenvalue weighted by atomic mass is 9.88. The van der Waals surface area contributed by atoms with Crippen LogP contribution in [-0.4, -0.2) is 32.2 Å². The van der Waals surface area contributed by atoms with Gasteiger partial charge in [0.25, 0.3) is 5.91 Å². The van der Waals surface area contributed by atoms with Crippen molar-refractivity contribution in [2.75, 3.05) is 6.54 Å². The maximum Gasteiger partial charge on any atom is 0.271 e. The summed E-state index contributed by atoms with van der Waals surface area (Å²) in [5.41, 5.74) is 1.61. The van der Waals surface area contributed by atoms with E-state index >= 15 is 0 Å². The van der Waals surface area contributed by atoms with Crippen LogP contribution in [0.4, 0.5) is 0 Å². The average molecular weight is 299 g/mol. The van der Waals surface area contributed by atoms with Gasteiger partial charge in [-0.1, -0.05) is 13.8 Å². The van der Waals surface area contributed by atoms with Gasteiger partial charge >= 0.3 is 0 Å². The van der Waals surface area contributed by atoms with E-state index in [9.17, 15) is 4.79 Å². The number of amides is 1. The van der Waals surface area contributed by atoms with Gasteiger partial charge in [0.15, 0.2) is 0 Å². The minimum absolute atomic E-state index is 0.0165. The van der Waals surface area contributed by atoms with Crippen LogP contribution in [-0.2, 0) is 18.4 Å². The van der Waals surface area contributed by atoms with Crippen LogP contribution >= 0.6 is 0 Å². The summed E-state index contributed by atoms with van der Waals surface area (Å²) in [6, 6.07) is 1.93. The van der Waals surface area contributed by atoms with Crippen LogP contribution < -0.4 is 5.32 Å². The summed E-state index contributed by atoms with van der Waals surface area (Å²) in [5, 5.41) is 7.28. The molecule has 2 aliphatic rings. The highest BCUT2D eigenvalue weighted by Crippen LogP contribution is 2.48. The van der Waals surface area contributed by atoms with Gasteiger partial charge in [0.1, 0.15) is 11.5 Å². The molecule has 0 atom stereocenters. The number of fused-ring (bicyclic) bond motifs is 1. The Labute approximate surface area is 129 Å². The molecule has 2 N–H and O–H groups in total. The topological polar surface area (TPSA) is 75.6 Å². The molecule has 2 aromatic rings. The van der Waals surface area contributed by atoms with Crippen molar-refractivity contribution in [3.8, 4) is 0 Å². The second kappa shape index (κ2) is 4.44. The molecule has 2 aromatic heterocycles. The van der Waals surface area contributed by atoms with Gasteiger partial charge in [-0.2, -0.15) is 5.10 Å². The number of imidazole rings is 1. The molecule has 6 nitrogen and oxygen atoms in total. The molecule has 1 aliphatic carbocycles. The summed E-state index contributed by atoms with van der Waals surface area (Å²) in [4.78, 5) is 20.4. The van der Waals surface area contributed by atoms with Gasteiger partial charge in [0, 0.05) is 30.0 Å². The van der Waals surface area contributed by atoms with Crippen LogP contribution in [0.1, 0.15) is 48.7 Å². The number of rotatable bonds is 3. The third-order valence-electron chi connectivity index (χ3n) is 4.76. The van der Waals surface area contributed by atoms with Crippen molar-refractivity contribution in [1.29, 1.82) is 0 Å². The van der Waals surface area contributed by atoms with Gasteiger partial charge in [-0.05, 0) is 30.7 Å². The van der Waals surface area contributed by atoms with Crippen molar-refractivity contribution in [3.05, 3.63) is 35.7 Å². The average Bonchev–Trinajstić information content (AvgIpc) is 2.90. The zero-order valence-electron chi connectivity index (χ0n) is 13.0. The SMILES string of the molecule is CC1(C)CNC(=O)c2nc(C3(Cn4cccn4)CC3)[nH]c2C1. The zero-order valence-corrected chi connectivity index (χ0v) is 13.0. The molecule has 0 unspecified atom stereocenters. The molecular formula is C16H21N5O. The highest BCUT2D eigenvalue weighted by Gasteiger charge is 2.48. The standard InChI is InChI=1S/C16H21N5O/c1-15(2)8-11-12(13(22)17-9-15)20-14(19-11)16(4-5-16)10-21-7-3-6-18-21/h3,6-7H,4-5,8-10H2,1-2H3,(H,17,22)(H,19,20). The molecule has 1 amide bonds. The van der Waals surface area contributed by atoms with Crippen molar-refractivity contribution in [3.63, 3.8) is 0 Å². The Morgan fingerprint density at radius 2 is 2.18 bits per heavy atom. The van der Waals surface area contributed by atoms with Crippen molar-refractivity contribution in [2.24, 2.45) is 5.41 Å². The largest absolute Gasteiger partial charge is 0.350 e. The zero-order chi connectivity index (χ0) is 15.4. The third kappa shape index (κ3) is 2.23. The molecule has 1 aliphatic heterocycles. The van der Waals surface area contributed by atoms with Crippen LogP contribution in [0.2, 0.25) is 0 Å². The highest BCUT2D eigenvalue weighted by molar-refractivity contribution is 5.94. The summed E-state index contributed by atoms with van der Waals surface area (Å²) >= 11 is 0. The fourth-order valence-corrected chi connectivity index (χ4v) is 3.25. The summed E-state index contributed by atoms with van der Waals surface area (Å²) in [6.07, 6.45) is 6.79. The number of nitrogens with one attached hydrogen (secondary N) is 2. The van der Waals surface area contributed by atoms with Gasteiger partial charge in [-0.15, -0.1) is 0 Å². The first-order valence-corrected chi connectivity index (χ1v) is 7.83. The fraction of sp³-hybridized carbons (Fsp3) is 0.562. The second-order valence-electron chi connectivity index (χ2n) is 7.42. The van der Waals surface area contributed by atoms with E-state index in [2.05, 4.69) is 34.2 Å². The van der Waals surface area contributed by atoms with E-state index in [0.29, 0.717) is 12.2 Å². The third-order valence-corrected chi connectivity index (χ3v) is 4.76. The van der Waals surface area contributed by atoms with Gasteiger partial charge < -0.3 is 10.3 Å². The van der Waals surface area contributed by atoms with Gasteiger partial charge in [0.05, 0.1) is 6.54 Å². The highest BCUT2D eigenvalue weighted by atomic mass is 16.1. The molecule has 1 fully saturated rings. The minimum Gasteiger partial charge on any atom is -0.350 e. The molecule has 0 bridgehead atoms. The van der Waals surface area contributed by atoms with Crippen LogP contribution in [0.5, 0.6) is 0 Å². The molecular weight excluding hydrogens is 278 g/mol. The lowest BCUT2D eigenvalue weighted by molar-refractivity contribution is 0.0940. The van der Waals surface area contributed by atoms with E-state index in [0.717, 1.165) is 37.3 Å². The van der Waals surface area contributed by atoms with Crippen molar-refractivity contribution < 1.29 is 4.79 Å². The van der Waals surface area contributed by atoms with Gasteiger partial charge in [-0.25, -0.2) is 4.98 Å². The number of aromatic amines is 1. The quantitative estimate of drug-likeness (QED) is 0.905. The summed E-state index contributed by atoms with van der Waals surface area (Å²) in [6.45, 7) is 5.83. The van der Waals surface area contributed by atoms with Crippen molar-refractivity contribution in [2.45, 2.75) is 45.1 Å². The monoisotopic (exact) mass is 299 g/mol. The smallest absolute Gasteiger partial charge is 0.271 e. The first-order valence-electron chi connectivity index (χ1n) is 7.83. The van der Waals surface area contributed by atoms with Crippen molar-refractivity contribution in [1.82, 2.24) is 25.1 Å². The molecule has 4 rings (SSSR count). The predicted octanol–water partition coefficient (Wildman–Crippen LogP) is 1.65. The van der Waals surface area contributed by atoms with E-state index in [1.165, 1.54) is 0 Å². The Balaban J connectivity index is 1.67. The minimum atomic E-state index is -0.0574. The number of carbonyl (C=O) groups is 1. The number of carbonyl (C=O) groups excluding carboxylic acids is 1. The molecule has 3 heterocycles. The Bertz CT molecular complexity index is 709. The molecule has 0 radical (unpaired) electrons. The van der Waals surface area contributed by atoms with Crippen LogP contribution in [0.15, 0.2) is 18.5 Å². The maximum atomic E-state index is 12.3. The van der Waals surface area contributed by atoms with Crippen LogP contribution in [0, 0.1) is 5.41 Å². The summed E-state index contributed by atoms with van der Waals surface area (Å²) < 4.78 is 1.95. The Morgan fingerprint density at radius 1 is 1.36 bits per heavy atom. The van der Waals surface area contributed by atoms with E-state index in [1.54, 1.807) is 6.20 Å². The number of hydrogen-bond acceptors (Lipinski definition) is 3. The molecule has 1 saturated carbocycles. The normalized spacial score (nSPS) is 21.8. The van der Waals surface area contributed by atoms with Gasteiger partial charge in [-0.3, -0.25) is 9.48 Å². The van der Waals surface area contributed by atoms with Gasteiger partial charge in [0.2, 0.25) is 0 Å². The second-order valence-corrected chi connectivity index (χ2v) is 7.42. The number of H-pyrrole nitrogens is 1. The lowest BCUT2D eigenvalue weighted by Gasteiger charge is -2.21. The van der Waals surface area contributed by atoms with E-state index < -0.39 is 0 Å². The molecule has 22 heavy (non-hydrogen) atoms. The first kappa shape index (κ1) is 13.5. The maximum absolute atomic E-state index is 12.3.